The first-order valence-corrected chi connectivity index (χ1v) is 10.4. The number of nitrogens with one attached hydrogen (secondary N) is 2. The maximum Gasteiger partial charge on any atom is 0.407 e. The van der Waals surface area contributed by atoms with Gasteiger partial charge in [-0.1, -0.05) is 6.92 Å². The molecule has 0 aromatic carbocycles. The monoisotopic (exact) mass is 413 g/mol. The predicted octanol–water partition coefficient (Wildman–Crippen LogP) is 4.11. The number of alkyl carbamates (subject to hydrolysis) is 1. The molecule has 2 N–H and O–H groups in total. The Morgan fingerprint density at radius 1 is 1.48 bits per heavy atom. The molecule has 152 valence electrons. The van der Waals surface area contributed by atoms with Gasteiger partial charge in [-0.05, 0) is 55.4 Å². The summed E-state index contributed by atoms with van der Waals surface area (Å²) in [6, 6.07) is 5.72. The summed E-state index contributed by atoms with van der Waals surface area (Å²) in [5.74, 6) is 0.475. The molecule has 0 aliphatic heterocycles. The van der Waals surface area contributed by atoms with E-state index >= 15 is 0 Å². The number of nitriles is 1. The Balaban J connectivity index is 1.61. The topological polar surface area (TPSA) is 104 Å². The van der Waals surface area contributed by atoms with Crippen molar-refractivity contribution in [3.63, 3.8) is 0 Å². The number of nitrogens with zero attached hydrogens (tertiary/aromatic N) is 1. The molecule has 8 heteroatoms. The molecule has 0 saturated heterocycles. The molecular formula is C21H23N3O4S. The van der Waals surface area contributed by atoms with Crippen molar-refractivity contribution in [3.8, 4) is 6.07 Å². The third kappa shape index (κ3) is 5.48. The van der Waals surface area contributed by atoms with E-state index in [-0.39, 0.29) is 11.8 Å². The van der Waals surface area contributed by atoms with Crippen LogP contribution in [0.1, 0.15) is 41.5 Å². The maximum absolute atomic E-state index is 12.2. The van der Waals surface area contributed by atoms with Crippen molar-refractivity contribution >= 4 is 34.4 Å². The van der Waals surface area contributed by atoms with Crippen molar-refractivity contribution in [2.45, 2.75) is 32.6 Å². The molecule has 1 atom stereocenters. The predicted molar refractivity (Wildman–Crippen MR) is 111 cm³/mol. The molecule has 0 spiro atoms. The molecule has 2 heterocycles. The molecule has 2 amide bonds. The van der Waals surface area contributed by atoms with Crippen molar-refractivity contribution in [3.05, 3.63) is 46.2 Å². The lowest BCUT2D eigenvalue weighted by Crippen LogP contribution is -2.28. The molecule has 0 fully saturated rings. The second-order valence-electron chi connectivity index (χ2n) is 6.79. The number of amides is 2. The van der Waals surface area contributed by atoms with Gasteiger partial charge in [0.25, 0.3) is 0 Å². The Morgan fingerprint density at radius 3 is 3.07 bits per heavy atom. The molecule has 2 aromatic heterocycles. The summed E-state index contributed by atoms with van der Waals surface area (Å²) in [6.45, 7) is 2.93. The van der Waals surface area contributed by atoms with E-state index in [4.69, 9.17) is 9.15 Å². The zero-order chi connectivity index (χ0) is 20.6. The van der Waals surface area contributed by atoms with Crippen LogP contribution in [0.2, 0.25) is 0 Å². The number of ether oxygens (including phenoxy) is 1. The minimum atomic E-state index is -0.391. The molecule has 0 bridgehead atoms. The van der Waals surface area contributed by atoms with Crippen LogP contribution >= 0.6 is 11.3 Å². The van der Waals surface area contributed by atoms with Gasteiger partial charge in [0.05, 0.1) is 18.4 Å². The Kier molecular flexibility index (Phi) is 7.09. The number of rotatable bonds is 7. The smallest absolute Gasteiger partial charge is 0.407 e. The van der Waals surface area contributed by atoms with Crippen LogP contribution in [-0.4, -0.2) is 25.2 Å². The van der Waals surface area contributed by atoms with Gasteiger partial charge in [-0.3, -0.25) is 4.79 Å². The normalized spacial score (nSPS) is 15.5. The van der Waals surface area contributed by atoms with Crippen molar-refractivity contribution in [2.24, 2.45) is 5.92 Å². The van der Waals surface area contributed by atoms with Gasteiger partial charge in [0.2, 0.25) is 5.91 Å². The summed E-state index contributed by atoms with van der Waals surface area (Å²) in [6.07, 6.45) is 7.26. The van der Waals surface area contributed by atoms with E-state index < -0.39 is 6.09 Å². The maximum atomic E-state index is 12.2. The largest absolute Gasteiger partial charge is 0.465 e. The number of thiophene rings is 1. The fourth-order valence-corrected chi connectivity index (χ4v) is 4.49. The van der Waals surface area contributed by atoms with Crippen LogP contribution in [0.5, 0.6) is 0 Å². The second kappa shape index (κ2) is 9.94. The molecule has 1 aliphatic rings. The lowest BCUT2D eigenvalue weighted by atomic mass is 9.88. The molecule has 7 nitrogen and oxygen atoms in total. The standard InChI is InChI=1S/C21H23N3O4S/c1-2-9-23-21(26)28-13-14-5-7-16-17(12-22)20(29-18(16)11-14)24-19(25)8-6-15-4-3-10-27-15/h3-4,6,8,10,14H,2,5,7,9,11,13H2,1H3,(H,23,26)(H,24,25). The van der Waals surface area contributed by atoms with Crippen molar-refractivity contribution in [1.82, 2.24) is 5.32 Å². The van der Waals surface area contributed by atoms with Gasteiger partial charge >= 0.3 is 6.09 Å². The number of hydrogen-bond acceptors (Lipinski definition) is 6. The molecule has 1 unspecified atom stereocenters. The summed E-state index contributed by atoms with van der Waals surface area (Å²) in [7, 11) is 0. The summed E-state index contributed by atoms with van der Waals surface area (Å²) in [5.41, 5.74) is 1.53. The van der Waals surface area contributed by atoms with Gasteiger partial charge in [-0.2, -0.15) is 5.26 Å². The zero-order valence-corrected chi connectivity index (χ0v) is 17.0. The van der Waals surface area contributed by atoms with Gasteiger partial charge < -0.3 is 19.8 Å². The number of carbonyl (C=O) groups excluding carboxylic acids is 2. The van der Waals surface area contributed by atoms with Crippen LogP contribution in [0.3, 0.4) is 0 Å². The highest BCUT2D eigenvalue weighted by atomic mass is 32.1. The quantitative estimate of drug-likeness (QED) is 0.665. The first kappa shape index (κ1) is 20.7. The Labute approximate surface area is 173 Å². The fraction of sp³-hybridized carbons (Fsp3) is 0.381. The average molecular weight is 413 g/mol. The van der Waals surface area contributed by atoms with Crippen LogP contribution in [-0.2, 0) is 22.4 Å². The minimum absolute atomic E-state index is 0.211. The Hall–Kier alpha value is -3.05. The summed E-state index contributed by atoms with van der Waals surface area (Å²) in [4.78, 5) is 24.9. The number of anilines is 1. The molecule has 2 aromatic rings. The molecule has 3 rings (SSSR count). The van der Waals surface area contributed by atoms with E-state index in [2.05, 4.69) is 16.7 Å². The molecule has 0 radical (unpaired) electrons. The number of fused-ring (bicyclic) bond motifs is 1. The zero-order valence-electron chi connectivity index (χ0n) is 16.2. The lowest BCUT2D eigenvalue weighted by Gasteiger charge is -2.21. The SMILES string of the molecule is CCCNC(=O)OCC1CCc2c(sc(NC(=O)C=Cc3ccco3)c2C#N)C1. The van der Waals surface area contributed by atoms with E-state index in [1.165, 1.54) is 23.7 Å². The number of furan rings is 1. The highest BCUT2D eigenvalue weighted by Crippen LogP contribution is 2.39. The van der Waals surface area contributed by atoms with Gasteiger partial charge in [-0.15, -0.1) is 11.3 Å². The van der Waals surface area contributed by atoms with E-state index in [1.54, 1.807) is 18.2 Å². The summed E-state index contributed by atoms with van der Waals surface area (Å²) < 4.78 is 10.5. The minimum Gasteiger partial charge on any atom is -0.465 e. The van der Waals surface area contributed by atoms with Crippen molar-refractivity contribution in [1.29, 1.82) is 5.26 Å². The third-order valence-corrected chi connectivity index (χ3v) is 5.80. The van der Waals surface area contributed by atoms with Crippen LogP contribution in [0, 0.1) is 17.2 Å². The first-order valence-electron chi connectivity index (χ1n) is 9.58. The number of carbonyl (C=O) groups is 2. The number of hydrogen-bond donors (Lipinski definition) is 2. The van der Waals surface area contributed by atoms with Crippen molar-refractivity contribution in [2.75, 3.05) is 18.5 Å². The molecule has 29 heavy (non-hydrogen) atoms. The molecule has 0 saturated carbocycles. The lowest BCUT2D eigenvalue weighted by molar-refractivity contribution is -0.111. The van der Waals surface area contributed by atoms with E-state index in [0.717, 1.165) is 36.1 Å². The van der Waals surface area contributed by atoms with Crippen LogP contribution in [0.4, 0.5) is 9.80 Å². The molecular weight excluding hydrogens is 390 g/mol. The molecule has 1 aliphatic carbocycles. The van der Waals surface area contributed by atoms with E-state index in [0.29, 0.717) is 29.5 Å². The Morgan fingerprint density at radius 2 is 2.34 bits per heavy atom. The summed E-state index contributed by atoms with van der Waals surface area (Å²) in [5, 5.41) is 15.6. The third-order valence-electron chi connectivity index (χ3n) is 4.63. The average Bonchev–Trinajstić information content (AvgIpc) is 3.35. The van der Waals surface area contributed by atoms with Gasteiger partial charge in [-0.25, -0.2) is 4.79 Å². The van der Waals surface area contributed by atoms with Gasteiger partial charge in [0, 0.05) is 17.5 Å². The van der Waals surface area contributed by atoms with Crippen molar-refractivity contribution < 1.29 is 18.7 Å². The summed E-state index contributed by atoms with van der Waals surface area (Å²) >= 11 is 1.42. The first-order chi connectivity index (χ1) is 14.1. The van der Waals surface area contributed by atoms with Crippen LogP contribution in [0.25, 0.3) is 6.08 Å². The fourth-order valence-electron chi connectivity index (χ4n) is 3.17. The van der Waals surface area contributed by atoms with E-state index in [1.807, 2.05) is 6.92 Å². The van der Waals surface area contributed by atoms with Gasteiger partial charge in [0.1, 0.15) is 16.8 Å². The Bertz CT molecular complexity index is 925. The van der Waals surface area contributed by atoms with Crippen LogP contribution < -0.4 is 10.6 Å². The van der Waals surface area contributed by atoms with E-state index in [9.17, 15) is 14.9 Å². The highest BCUT2D eigenvalue weighted by molar-refractivity contribution is 7.16. The second-order valence-corrected chi connectivity index (χ2v) is 7.90. The highest BCUT2D eigenvalue weighted by Gasteiger charge is 2.27. The van der Waals surface area contributed by atoms with Crippen LogP contribution in [0.15, 0.2) is 28.9 Å². The van der Waals surface area contributed by atoms with Gasteiger partial charge in [0.15, 0.2) is 0 Å².